The highest BCUT2D eigenvalue weighted by Gasteiger charge is 2.31. The molecule has 4 nitrogen and oxygen atoms in total. The van der Waals surface area contributed by atoms with Crippen molar-refractivity contribution in [2.75, 3.05) is 6.54 Å². The summed E-state index contributed by atoms with van der Waals surface area (Å²) >= 11 is 5.50. The maximum atomic E-state index is 12.3. The number of benzene rings is 2. The second-order valence-corrected chi connectivity index (χ2v) is 7.44. The summed E-state index contributed by atoms with van der Waals surface area (Å²) in [5.74, 6) is 1.66. The minimum absolute atomic E-state index is 0.0478. The largest absolute Gasteiger partial charge is 0.457 e. The zero-order chi connectivity index (χ0) is 20.4. The van der Waals surface area contributed by atoms with E-state index in [1.807, 2.05) is 55.1 Å². The third-order valence-electron chi connectivity index (χ3n) is 5.29. The Morgan fingerprint density at radius 3 is 2.43 bits per heavy atom. The van der Waals surface area contributed by atoms with Gasteiger partial charge in [0.05, 0.1) is 6.04 Å². The molecule has 0 bridgehead atoms. The Bertz CT molecular complexity index is 948. The minimum atomic E-state index is -0.248. The summed E-state index contributed by atoms with van der Waals surface area (Å²) in [4.78, 5) is 14.3. The summed E-state index contributed by atoms with van der Waals surface area (Å²) in [6.45, 7) is 10.4. The lowest BCUT2D eigenvalue weighted by Crippen LogP contribution is -2.47. The van der Waals surface area contributed by atoms with Crippen LogP contribution in [0.4, 0.5) is 0 Å². The number of aryl methyl sites for hydroxylation is 1. The number of ketones is 1. The molecule has 0 aliphatic carbocycles. The van der Waals surface area contributed by atoms with E-state index in [2.05, 4.69) is 25.2 Å². The molecule has 0 saturated carbocycles. The fraction of sp³-hybridized carbons (Fsp3) is 0.304. The standard InChI is InChI=1S/C23H26N2O2S/c1-6-25-16(4)21(17(5)26)22(24-23(25)28)18-10-12-19(13-11-18)27-20-9-7-8-14(2)15(20)3/h7-13,22H,6H2,1-5H3,(H,24,28). The van der Waals surface area contributed by atoms with Crippen molar-refractivity contribution in [2.24, 2.45) is 0 Å². The van der Waals surface area contributed by atoms with Gasteiger partial charge in [0, 0.05) is 17.8 Å². The molecule has 28 heavy (non-hydrogen) atoms. The minimum Gasteiger partial charge on any atom is -0.457 e. The van der Waals surface area contributed by atoms with Gasteiger partial charge in [-0.1, -0.05) is 24.3 Å². The highest BCUT2D eigenvalue weighted by molar-refractivity contribution is 7.80. The molecule has 146 valence electrons. The number of Topliss-reactive ketones (excluding diaryl/α,β-unsaturated/α-hetero) is 1. The number of nitrogens with zero attached hydrogens (tertiary/aromatic N) is 1. The van der Waals surface area contributed by atoms with Crippen molar-refractivity contribution in [2.45, 2.75) is 40.7 Å². The van der Waals surface area contributed by atoms with Crippen LogP contribution >= 0.6 is 12.2 Å². The number of carbonyl (C=O) groups excluding carboxylic acids is 1. The predicted octanol–water partition coefficient (Wildman–Crippen LogP) is 5.21. The third-order valence-corrected chi connectivity index (χ3v) is 5.63. The van der Waals surface area contributed by atoms with Crippen LogP contribution < -0.4 is 10.1 Å². The molecule has 0 fully saturated rings. The van der Waals surface area contributed by atoms with E-state index in [-0.39, 0.29) is 11.8 Å². The SMILES string of the molecule is CCN1C(=S)NC(c2ccc(Oc3cccc(C)c3C)cc2)C(C(C)=O)=C1C. The molecule has 1 aliphatic rings. The maximum Gasteiger partial charge on any atom is 0.173 e. The zero-order valence-electron chi connectivity index (χ0n) is 17.0. The lowest BCUT2D eigenvalue weighted by atomic mass is 9.92. The van der Waals surface area contributed by atoms with Crippen LogP contribution in [-0.2, 0) is 4.79 Å². The smallest absolute Gasteiger partial charge is 0.173 e. The second kappa shape index (κ2) is 8.15. The molecule has 1 aliphatic heterocycles. The molecule has 5 heteroatoms. The third kappa shape index (κ3) is 3.80. The van der Waals surface area contributed by atoms with Crippen LogP contribution in [0.25, 0.3) is 0 Å². The van der Waals surface area contributed by atoms with E-state index in [1.165, 1.54) is 5.56 Å². The van der Waals surface area contributed by atoms with Crippen LogP contribution in [-0.4, -0.2) is 22.3 Å². The van der Waals surface area contributed by atoms with Crippen LogP contribution in [0.2, 0.25) is 0 Å². The van der Waals surface area contributed by atoms with Crippen molar-refractivity contribution in [3.63, 3.8) is 0 Å². The number of thiocarbonyl (C=S) groups is 1. The molecular weight excluding hydrogens is 368 g/mol. The van der Waals surface area contributed by atoms with E-state index in [4.69, 9.17) is 17.0 Å². The molecule has 1 atom stereocenters. The first-order chi connectivity index (χ1) is 13.3. The Morgan fingerprint density at radius 1 is 1.14 bits per heavy atom. The first-order valence-corrected chi connectivity index (χ1v) is 9.88. The number of rotatable bonds is 5. The van der Waals surface area contributed by atoms with Gasteiger partial charge >= 0.3 is 0 Å². The lowest BCUT2D eigenvalue weighted by molar-refractivity contribution is -0.114. The van der Waals surface area contributed by atoms with Gasteiger partial charge in [0.15, 0.2) is 10.9 Å². The number of hydrogen-bond acceptors (Lipinski definition) is 3. The number of allylic oxidation sites excluding steroid dienone is 1. The summed E-state index contributed by atoms with van der Waals surface area (Å²) in [7, 11) is 0. The van der Waals surface area contributed by atoms with Gasteiger partial charge in [0.25, 0.3) is 0 Å². The van der Waals surface area contributed by atoms with Crippen molar-refractivity contribution in [1.82, 2.24) is 10.2 Å². The van der Waals surface area contributed by atoms with Crippen LogP contribution in [0.3, 0.4) is 0 Å². The van der Waals surface area contributed by atoms with Gasteiger partial charge in [0.1, 0.15) is 11.5 Å². The molecule has 1 heterocycles. The van der Waals surface area contributed by atoms with E-state index in [9.17, 15) is 4.79 Å². The molecular formula is C23H26N2O2S. The summed E-state index contributed by atoms with van der Waals surface area (Å²) in [5.41, 5.74) is 4.97. The molecule has 0 aromatic heterocycles. The van der Waals surface area contributed by atoms with Gasteiger partial charge in [-0.2, -0.15) is 0 Å². The van der Waals surface area contributed by atoms with Crippen LogP contribution in [0.1, 0.15) is 43.5 Å². The highest BCUT2D eigenvalue weighted by Crippen LogP contribution is 2.33. The average molecular weight is 395 g/mol. The summed E-state index contributed by atoms with van der Waals surface area (Å²) in [5, 5.41) is 3.96. The molecule has 0 saturated heterocycles. The molecule has 3 rings (SSSR count). The average Bonchev–Trinajstić information content (AvgIpc) is 2.65. The van der Waals surface area contributed by atoms with Crippen molar-refractivity contribution in [3.8, 4) is 11.5 Å². The fourth-order valence-electron chi connectivity index (χ4n) is 3.56. The predicted molar refractivity (Wildman–Crippen MR) is 117 cm³/mol. The quantitative estimate of drug-likeness (QED) is 0.705. The Balaban J connectivity index is 1.90. The zero-order valence-corrected chi connectivity index (χ0v) is 17.8. The molecule has 0 amide bonds. The van der Waals surface area contributed by atoms with Gasteiger partial charge < -0.3 is 15.0 Å². The van der Waals surface area contributed by atoms with E-state index in [0.717, 1.165) is 40.4 Å². The van der Waals surface area contributed by atoms with Gasteiger partial charge in [-0.15, -0.1) is 0 Å². The molecule has 1 N–H and O–H groups in total. The van der Waals surface area contributed by atoms with Crippen LogP contribution in [0.15, 0.2) is 53.7 Å². The summed E-state index contributed by atoms with van der Waals surface area (Å²) < 4.78 is 6.05. The van der Waals surface area contributed by atoms with Crippen molar-refractivity contribution < 1.29 is 9.53 Å². The second-order valence-electron chi connectivity index (χ2n) is 7.05. The van der Waals surface area contributed by atoms with Gasteiger partial charge in [-0.25, -0.2) is 0 Å². The van der Waals surface area contributed by atoms with Gasteiger partial charge in [-0.05, 0) is 81.7 Å². The van der Waals surface area contributed by atoms with E-state index in [1.54, 1.807) is 6.92 Å². The van der Waals surface area contributed by atoms with Crippen LogP contribution in [0.5, 0.6) is 11.5 Å². The normalized spacial score (nSPS) is 16.8. The van der Waals surface area contributed by atoms with Crippen LogP contribution in [0, 0.1) is 13.8 Å². The van der Waals surface area contributed by atoms with E-state index >= 15 is 0 Å². The topological polar surface area (TPSA) is 41.6 Å². The molecule has 2 aromatic carbocycles. The number of hydrogen-bond donors (Lipinski definition) is 1. The Morgan fingerprint density at radius 2 is 1.82 bits per heavy atom. The fourth-order valence-corrected chi connectivity index (χ4v) is 3.94. The van der Waals surface area contributed by atoms with Crippen molar-refractivity contribution in [1.29, 1.82) is 0 Å². The lowest BCUT2D eigenvalue weighted by Gasteiger charge is -2.37. The van der Waals surface area contributed by atoms with Gasteiger partial charge in [0.2, 0.25) is 0 Å². The maximum absolute atomic E-state index is 12.3. The monoisotopic (exact) mass is 394 g/mol. The molecule has 1 unspecified atom stereocenters. The Hall–Kier alpha value is -2.66. The number of nitrogens with one attached hydrogen (secondary N) is 1. The number of carbonyl (C=O) groups is 1. The molecule has 2 aromatic rings. The highest BCUT2D eigenvalue weighted by atomic mass is 32.1. The molecule has 0 spiro atoms. The van der Waals surface area contributed by atoms with Crippen molar-refractivity contribution >= 4 is 23.1 Å². The van der Waals surface area contributed by atoms with E-state index < -0.39 is 0 Å². The summed E-state index contributed by atoms with van der Waals surface area (Å²) in [6, 6.07) is 13.6. The van der Waals surface area contributed by atoms with Crippen molar-refractivity contribution in [3.05, 3.63) is 70.4 Å². The Kier molecular flexibility index (Phi) is 5.84. The first kappa shape index (κ1) is 20.1. The van der Waals surface area contributed by atoms with Gasteiger partial charge in [-0.3, -0.25) is 4.79 Å². The Labute approximate surface area is 172 Å². The first-order valence-electron chi connectivity index (χ1n) is 9.47. The molecule has 0 radical (unpaired) electrons. The van der Waals surface area contributed by atoms with E-state index in [0.29, 0.717) is 5.11 Å². The number of ether oxygens (including phenoxy) is 1. The summed E-state index contributed by atoms with van der Waals surface area (Å²) in [6.07, 6.45) is 0.